The number of nitrogens with zero attached hydrogens (tertiary/aromatic N) is 5. The molecule has 1 aliphatic carbocycles. The van der Waals surface area contributed by atoms with Crippen LogP contribution in [0.1, 0.15) is 41.0 Å². The van der Waals surface area contributed by atoms with E-state index in [0.29, 0.717) is 41.9 Å². The van der Waals surface area contributed by atoms with Crippen molar-refractivity contribution in [3.63, 3.8) is 0 Å². The first-order valence-corrected chi connectivity index (χ1v) is 11.5. The van der Waals surface area contributed by atoms with Gasteiger partial charge < -0.3 is 9.64 Å². The smallest absolute Gasteiger partial charge is 0.417 e. The molecule has 0 aromatic carbocycles. The average Bonchev–Trinajstić information content (AvgIpc) is 3.62. The third-order valence-electron chi connectivity index (χ3n) is 6.59. The van der Waals surface area contributed by atoms with Crippen molar-refractivity contribution in [3.05, 3.63) is 65.9 Å². The molecule has 1 saturated carbocycles. The van der Waals surface area contributed by atoms with Crippen LogP contribution in [-0.4, -0.2) is 49.9 Å². The Labute approximate surface area is 200 Å². The van der Waals surface area contributed by atoms with Crippen LogP contribution in [0, 0.1) is 18.8 Å². The fourth-order valence-electron chi connectivity index (χ4n) is 4.63. The summed E-state index contributed by atoms with van der Waals surface area (Å²) in [6.45, 7) is 2.72. The first kappa shape index (κ1) is 23.2. The fraction of sp³-hybridized carbons (Fsp3) is 0.400. The molecule has 5 rings (SSSR count). The van der Waals surface area contributed by atoms with E-state index in [2.05, 4.69) is 19.9 Å². The Morgan fingerprint density at radius 1 is 1.09 bits per heavy atom. The Balaban J connectivity index is 1.31. The van der Waals surface area contributed by atoms with Crippen molar-refractivity contribution in [2.24, 2.45) is 11.8 Å². The lowest BCUT2D eigenvalue weighted by Crippen LogP contribution is -2.46. The summed E-state index contributed by atoms with van der Waals surface area (Å²) in [6.07, 6.45) is 2.07. The Hall–Kier alpha value is -3.56. The molecule has 2 fully saturated rings. The van der Waals surface area contributed by atoms with E-state index in [9.17, 15) is 18.0 Å². The summed E-state index contributed by atoms with van der Waals surface area (Å²) in [5.41, 5.74) is 0.814. The molecule has 3 aromatic heterocycles. The molecule has 0 spiro atoms. The standard InChI is InChI=1S/C25H24F3N5O2/c1-15-3-5-20(23-29-8-2-9-30-23)22(32-15)24(34)33-14-17-11-16(17)12-19(33)7-10-35-21-6-4-18(13-31-21)25(26,27)28/h2-6,8-9,13,16-17,19H,7,10-12,14H2,1H3/t16-,17+,19-/m1/s1. The van der Waals surface area contributed by atoms with Crippen LogP contribution in [0.15, 0.2) is 48.9 Å². The Bertz CT molecular complexity index is 1200. The van der Waals surface area contributed by atoms with Crippen molar-refractivity contribution in [3.8, 4) is 17.3 Å². The number of carbonyl (C=O) groups is 1. The SMILES string of the molecule is Cc1ccc(-c2ncccn2)c(C(=O)N2C[C@@H]3C[C@@H]3C[C@H]2CCOc2ccc(C(F)(F)F)cn2)n1. The van der Waals surface area contributed by atoms with E-state index in [1.165, 1.54) is 6.07 Å². The van der Waals surface area contributed by atoms with Crippen molar-refractivity contribution in [1.82, 2.24) is 24.8 Å². The van der Waals surface area contributed by atoms with E-state index in [-0.39, 0.29) is 24.4 Å². The third kappa shape index (κ3) is 5.11. The van der Waals surface area contributed by atoms with Gasteiger partial charge in [0.25, 0.3) is 5.91 Å². The van der Waals surface area contributed by atoms with Gasteiger partial charge in [0.2, 0.25) is 5.88 Å². The molecule has 10 heteroatoms. The lowest BCUT2D eigenvalue weighted by molar-refractivity contribution is -0.137. The average molecular weight is 483 g/mol. The highest BCUT2D eigenvalue weighted by Gasteiger charge is 2.47. The molecule has 0 bridgehead atoms. The predicted molar refractivity (Wildman–Crippen MR) is 120 cm³/mol. The highest BCUT2D eigenvalue weighted by Crippen LogP contribution is 2.48. The van der Waals surface area contributed by atoms with Gasteiger partial charge in [-0.25, -0.2) is 19.9 Å². The van der Waals surface area contributed by atoms with Gasteiger partial charge in [0.15, 0.2) is 5.82 Å². The number of fused-ring (bicyclic) bond motifs is 1. The topological polar surface area (TPSA) is 81.1 Å². The molecule has 0 unspecified atom stereocenters. The fourth-order valence-corrected chi connectivity index (χ4v) is 4.63. The zero-order valence-electron chi connectivity index (χ0n) is 19.1. The molecule has 3 aromatic rings. The van der Waals surface area contributed by atoms with E-state index in [0.717, 1.165) is 30.8 Å². The summed E-state index contributed by atoms with van der Waals surface area (Å²) in [6, 6.07) is 7.47. The molecule has 1 amide bonds. The van der Waals surface area contributed by atoms with Gasteiger partial charge in [-0.05, 0) is 55.9 Å². The molecule has 1 aliphatic heterocycles. The van der Waals surface area contributed by atoms with Crippen molar-refractivity contribution >= 4 is 5.91 Å². The highest BCUT2D eigenvalue weighted by atomic mass is 19.4. The maximum atomic E-state index is 13.7. The number of amides is 1. The van der Waals surface area contributed by atoms with Crippen LogP contribution in [0.2, 0.25) is 0 Å². The number of ether oxygens (including phenoxy) is 1. The molecule has 0 radical (unpaired) electrons. The number of aryl methyl sites for hydroxylation is 1. The Morgan fingerprint density at radius 2 is 1.89 bits per heavy atom. The van der Waals surface area contributed by atoms with Gasteiger partial charge in [-0.1, -0.05) is 0 Å². The van der Waals surface area contributed by atoms with Crippen LogP contribution in [-0.2, 0) is 6.18 Å². The number of likely N-dealkylation sites (tertiary alicyclic amines) is 1. The van der Waals surface area contributed by atoms with Gasteiger partial charge in [-0.2, -0.15) is 13.2 Å². The lowest BCUT2D eigenvalue weighted by atomic mass is 9.98. The number of hydrogen-bond acceptors (Lipinski definition) is 6. The maximum Gasteiger partial charge on any atom is 0.417 e. The number of rotatable bonds is 6. The second-order valence-electron chi connectivity index (χ2n) is 9.04. The monoisotopic (exact) mass is 483 g/mol. The summed E-state index contributed by atoms with van der Waals surface area (Å²) in [5.74, 6) is 1.49. The van der Waals surface area contributed by atoms with Crippen LogP contribution in [0.25, 0.3) is 11.4 Å². The molecule has 4 heterocycles. The van der Waals surface area contributed by atoms with Crippen LogP contribution < -0.4 is 4.74 Å². The summed E-state index contributed by atoms with van der Waals surface area (Å²) in [4.78, 5) is 32.5. The van der Waals surface area contributed by atoms with Crippen LogP contribution in [0.5, 0.6) is 5.88 Å². The predicted octanol–water partition coefficient (Wildman–Crippen LogP) is 4.58. The zero-order chi connectivity index (χ0) is 24.6. The minimum atomic E-state index is -4.44. The number of pyridine rings is 2. The largest absolute Gasteiger partial charge is 0.478 e. The quantitative estimate of drug-likeness (QED) is 0.511. The number of halogens is 3. The minimum absolute atomic E-state index is 0.0625. The Kier molecular flexibility index (Phi) is 6.12. The van der Waals surface area contributed by atoms with Gasteiger partial charge >= 0.3 is 6.18 Å². The van der Waals surface area contributed by atoms with Gasteiger partial charge in [0.05, 0.1) is 17.7 Å². The van der Waals surface area contributed by atoms with Crippen molar-refractivity contribution in [1.29, 1.82) is 0 Å². The number of aromatic nitrogens is 4. The van der Waals surface area contributed by atoms with E-state index >= 15 is 0 Å². The van der Waals surface area contributed by atoms with Crippen LogP contribution >= 0.6 is 0 Å². The maximum absolute atomic E-state index is 13.7. The summed E-state index contributed by atoms with van der Waals surface area (Å²) >= 11 is 0. The molecule has 182 valence electrons. The molecule has 2 aliphatic rings. The molecule has 35 heavy (non-hydrogen) atoms. The van der Waals surface area contributed by atoms with Crippen LogP contribution in [0.4, 0.5) is 13.2 Å². The first-order valence-electron chi connectivity index (χ1n) is 11.5. The second-order valence-corrected chi connectivity index (χ2v) is 9.04. The van der Waals surface area contributed by atoms with Crippen molar-refractivity contribution in [2.45, 2.75) is 38.4 Å². The lowest BCUT2D eigenvalue weighted by Gasteiger charge is -2.35. The first-order chi connectivity index (χ1) is 16.8. The Morgan fingerprint density at radius 3 is 2.60 bits per heavy atom. The summed E-state index contributed by atoms with van der Waals surface area (Å²) in [5, 5.41) is 0. The van der Waals surface area contributed by atoms with Gasteiger partial charge in [-0.15, -0.1) is 0 Å². The number of hydrogen-bond donors (Lipinski definition) is 0. The third-order valence-corrected chi connectivity index (χ3v) is 6.59. The summed E-state index contributed by atoms with van der Waals surface area (Å²) in [7, 11) is 0. The molecule has 7 nitrogen and oxygen atoms in total. The molecule has 1 saturated heterocycles. The van der Waals surface area contributed by atoms with Crippen LogP contribution in [0.3, 0.4) is 0 Å². The molecular weight excluding hydrogens is 459 g/mol. The van der Waals surface area contributed by atoms with Gasteiger partial charge in [0.1, 0.15) is 5.69 Å². The van der Waals surface area contributed by atoms with Gasteiger partial charge in [0, 0.05) is 49.4 Å². The second kappa shape index (κ2) is 9.24. The van der Waals surface area contributed by atoms with Crippen molar-refractivity contribution < 1.29 is 22.7 Å². The molecule has 0 N–H and O–H groups in total. The summed E-state index contributed by atoms with van der Waals surface area (Å²) < 4.78 is 43.9. The van der Waals surface area contributed by atoms with E-state index in [1.54, 1.807) is 18.5 Å². The number of piperidine rings is 1. The number of alkyl halides is 3. The normalized spacial score (nSPS) is 21.4. The zero-order valence-corrected chi connectivity index (χ0v) is 19.1. The van der Waals surface area contributed by atoms with Crippen molar-refractivity contribution in [2.75, 3.05) is 13.2 Å². The van der Waals surface area contributed by atoms with Gasteiger partial charge in [-0.3, -0.25) is 4.79 Å². The number of carbonyl (C=O) groups excluding carboxylic acids is 1. The highest BCUT2D eigenvalue weighted by molar-refractivity contribution is 5.98. The van der Waals surface area contributed by atoms with E-state index < -0.39 is 11.7 Å². The minimum Gasteiger partial charge on any atom is -0.478 e. The van der Waals surface area contributed by atoms with E-state index in [1.807, 2.05) is 24.0 Å². The van der Waals surface area contributed by atoms with E-state index in [4.69, 9.17) is 4.74 Å². The molecular formula is C25H24F3N5O2. The molecule has 3 atom stereocenters.